The van der Waals surface area contributed by atoms with Crippen molar-refractivity contribution in [2.75, 3.05) is 12.3 Å². The third-order valence-corrected chi connectivity index (χ3v) is 4.49. The Morgan fingerprint density at radius 1 is 1.26 bits per heavy atom. The maximum atomic E-state index is 12.6. The minimum atomic E-state index is -0.565. The highest BCUT2D eigenvalue weighted by Crippen LogP contribution is 2.25. The summed E-state index contributed by atoms with van der Waals surface area (Å²) in [6.45, 7) is 6.21. The second-order valence-corrected chi connectivity index (χ2v) is 8.01. The van der Waals surface area contributed by atoms with E-state index in [9.17, 15) is 9.59 Å². The van der Waals surface area contributed by atoms with E-state index in [1.54, 1.807) is 29.2 Å². The van der Waals surface area contributed by atoms with Crippen LogP contribution >= 0.6 is 11.6 Å². The fraction of sp³-hybridized carbons (Fsp3) is 0.421. The molecule has 27 heavy (non-hydrogen) atoms. The molecular formula is C19H23ClN4O3. The second-order valence-electron chi connectivity index (χ2n) is 7.57. The van der Waals surface area contributed by atoms with Gasteiger partial charge in [0.05, 0.1) is 18.7 Å². The average molecular weight is 391 g/mol. The summed E-state index contributed by atoms with van der Waals surface area (Å²) < 4.78 is 6.64. The van der Waals surface area contributed by atoms with Crippen LogP contribution in [0.5, 0.6) is 0 Å². The van der Waals surface area contributed by atoms with Gasteiger partial charge in [0.1, 0.15) is 11.4 Å². The van der Waals surface area contributed by atoms with Crippen molar-refractivity contribution in [3.05, 3.63) is 46.1 Å². The lowest BCUT2D eigenvalue weighted by molar-refractivity contribution is 0.0221. The molecule has 0 saturated heterocycles. The van der Waals surface area contributed by atoms with E-state index >= 15 is 0 Å². The van der Waals surface area contributed by atoms with Crippen LogP contribution in [0.15, 0.2) is 24.3 Å². The van der Waals surface area contributed by atoms with Crippen LogP contribution in [-0.2, 0) is 24.1 Å². The highest BCUT2D eigenvalue weighted by Gasteiger charge is 2.30. The normalized spacial score (nSPS) is 14.0. The van der Waals surface area contributed by atoms with Gasteiger partial charge in [0, 0.05) is 17.1 Å². The highest BCUT2D eigenvalue weighted by atomic mass is 35.5. The van der Waals surface area contributed by atoms with E-state index in [1.807, 2.05) is 20.8 Å². The number of fused-ring (bicyclic) bond motifs is 1. The van der Waals surface area contributed by atoms with Crippen LogP contribution < -0.4 is 5.73 Å². The SMILES string of the molecule is CC(C)(C)OC(=O)N1CCc2c(nn(C(=O)Cc3ccc(Cl)cc3)c2N)C1. The number of carbonyl (C=O) groups is 2. The molecule has 3 rings (SSSR count). The van der Waals surface area contributed by atoms with E-state index in [4.69, 9.17) is 22.1 Å². The number of anilines is 1. The number of nitrogen functional groups attached to an aromatic ring is 1. The molecule has 7 nitrogen and oxygen atoms in total. The fourth-order valence-electron chi connectivity index (χ4n) is 2.94. The molecule has 1 aliphatic heterocycles. The lowest BCUT2D eigenvalue weighted by Gasteiger charge is -2.29. The molecule has 0 fully saturated rings. The monoisotopic (exact) mass is 390 g/mol. The van der Waals surface area contributed by atoms with Crippen LogP contribution in [-0.4, -0.2) is 38.8 Å². The van der Waals surface area contributed by atoms with E-state index in [-0.39, 0.29) is 18.9 Å². The molecule has 144 valence electrons. The Hall–Kier alpha value is -2.54. The van der Waals surface area contributed by atoms with E-state index in [0.29, 0.717) is 29.5 Å². The van der Waals surface area contributed by atoms with Gasteiger partial charge >= 0.3 is 6.09 Å². The number of amides is 1. The van der Waals surface area contributed by atoms with Gasteiger partial charge < -0.3 is 15.4 Å². The van der Waals surface area contributed by atoms with Crippen LogP contribution in [0.25, 0.3) is 0 Å². The molecule has 2 heterocycles. The summed E-state index contributed by atoms with van der Waals surface area (Å²) in [6.07, 6.45) is 0.306. The van der Waals surface area contributed by atoms with Crippen LogP contribution in [0.4, 0.5) is 10.6 Å². The molecule has 0 aliphatic carbocycles. The second kappa shape index (κ2) is 7.23. The quantitative estimate of drug-likeness (QED) is 0.849. The van der Waals surface area contributed by atoms with Gasteiger partial charge in [-0.1, -0.05) is 23.7 Å². The number of carbonyl (C=O) groups excluding carboxylic acids is 2. The number of rotatable bonds is 2. The van der Waals surface area contributed by atoms with Crippen LogP contribution in [0.2, 0.25) is 5.02 Å². The number of nitrogens with zero attached hydrogens (tertiary/aromatic N) is 3. The maximum absolute atomic E-state index is 12.6. The summed E-state index contributed by atoms with van der Waals surface area (Å²) in [5, 5.41) is 4.97. The Morgan fingerprint density at radius 3 is 2.56 bits per heavy atom. The number of benzene rings is 1. The zero-order valence-electron chi connectivity index (χ0n) is 15.7. The first kappa shape index (κ1) is 19.2. The molecular weight excluding hydrogens is 368 g/mol. The number of nitrogens with two attached hydrogens (primary N) is 1. The van der Waals surface area contributed by atoms with Gasteiger partial charge in [0.15, 0.2) is 0 Å². The van der Waals surface area contributed by atoms with Crippen molar-refractivity contribution in [1.29, 1.82) is 0 Å². The molecule has 0 atom stereocenters. The first-order chi connectivity index (χ1) is 12.6. The standard InChI is InChI=1S/C19H23ClN4O3/c1-19(2,3)27-18(26)23-9-8-14-15(11-23)22-24(17(14)21)16(25)10-12-4-6-13(20)7-5-12/h4-7H,8-11,21H2,1-3H3. The van der Waals surface area contributed by atoms with Gasteiger partial charge in [-0.2, -0.15) is 9.78 Å². The van der Waals surface area contributed by atoms with Crippen LogP contribution in [0, 0.1) is 0 Å². The molecule has 1 aromatic heterocycles. The minimum Gasteiger partial charge on any atom is -0.444 e. The predicted octanol–water partition coefficient (Wildman–Crippen LogP) is 3.29. The summed E-state index contributed by atoms with van der Waals surface area (Å²) in [6, 6.07) is 7.06. The van der Waals surface area contributed by atoms with E-state index in [1.165, 1.54) is 4.68 Å². The van der Waals surface area contributed by atoms with Gasteiger partial charge in [-0.15, -0.1) is 0 Å². The molecule has 1 aliphatic rings. The molecule has 1 aromatic carbocycles. The largest absolute Gasteiger partial charge is 0.444 e. The zero-order valence-corrected chi connectivity index (χ0v) is 16.4. The lowest BCUT2D eigenvalue weighted by atomic mass is 10.1. The lowest BCUT2D eigenvalue weighted by Crippen LogP contribution is -2.39. The van der Waals surface area contributed by atoms with Gasteiger partial charge in [-0.25, -0.2) is 4.79 Å². The van der Waals surface area contributed by atoms with Gasteiger partial charge in [-0.05, 0) is 44.9 Å². The van der Waals surface area contributed by atoms with Crippen LogP contribution in [0.1, 0.15) is 42.4 Å². The highest BCUT2D eigenvalue weighted by molar-refractivity contribution is 6.30. The van der Waals surface area contributed by atoms with Crippen molar-refractivity contribution >= 4 is 29.4 Å². The van der Waals surface area contributed by atoms with Crippen molar-refractivity contribution in [2.45, 2.75) is 45.8 Å². The van der Waals surface area contributed by atoms with E-state index in [2.05, 4.69) is 5.10 Å². The van der Waals surface area contributed by atoms with Crippen LogP contribution in [0.3, 0.4) is 0 Å². The molecule has 2 aromatic rings. The number of halogens is 1. The Bertz CT molecular complexity index is 868. The first-order valence-electron chi connectivity index (χ1n) is 8.76. The number of aromatic nitrogens is 2. The average Bonchev–Trinajstić information content (AvgIpc) is 2.92. The van der Waals surface area contributed by atoms with Crippen molar-refractivity contribution in [2.24, 2.45) is 0 Å². The third kappa shape index (κ3) is 4.42. The Balaban J connectivity index is 1.75. The number of hydrogen-bond acceptors (Lipinski definition) is 5. The Labute approximate surface area is 163 Å². The summed E-state index contributed by atoms with van der Waals surface area (Å²) in [5.74, 6) is 0.112. The zero-order chi connectivity index (χ0) is 19.8. The molecule has 0 radical (unpaired) electrons. The van der Waals surface area contributed by atoms with Gasteiger partial charge in [0.25, 0.3) is 5.91 Å². The molecule has 2 N–H and O–H groups in total. The van der Waals surface area contributed by atoms with E-state index < -0.39 is 11.7 Å². The van der Waals surface area contributed by atoms with Crippen molar-refractivity contribution < 1.29 is 14.3 Å². The summed E-state index contributed by atoms with van der Waals surface area (Å²) >= 11 is 5.87. The molecule has 0 unspecified atom stereocenters. The summed E-state index contributed by atoms with van der Waals surface area (Å²) in [4.78, 5) is 26.5. The third-order valence-electron chi connectivity index (χ3n) is 4.24. The first-order valence-corrected chi connectivity index (χ1v) is 9.13. The summed E-state index contributed by atoms with van der Waals surface area (Å²) in [5.41, 5.74) is 7.86. The Kier molecular flexibility index (Phi) is 5.15. The smallest absolute Gasteiger partial charge is 0.410 e. The van der Waals surface area contributed by atoms with Crippen molar-refractivity contribution in [3.63, 3.8) is 0 Å². The van der Waals surface area contributed by atoms with Crippen molar-refractivity contribution in [3.8, 4) is 0 Å². The topological polar surface area (TPSA) is 90.5 Å². The number of ether oxygens (including phenoxy) is 1. The predicted molar refractivity (Wildman–Crippen MR) is 103 cm³/mol. The fourth-order valence-corrected chi connectivity index (χ4v) is 3.07. The Morgan fingerprint density at radius 2 is 1.93 bits per heavy atom. The molecule has 0 spiro atoms. The van der Waals surface area contributed by atoms with Crippen molar-refractivity contribution in [1.82, 2.24) is 14.7 Å². The molecule has 0 bridgehead atoms. The van der Waals surface area contributed by atoms with E-state index in [0.717, 1.165) is 11.1 Å². The molecule has 8 heteroatoms. The minimum absolute atomic E-state index is 0.164. The number of hydrogen-bond donors (Lipinski definition) is 1. The molecule has 1 amide bonds. The molecule has 0 saturated carbocycles. The maximum Gasteiger partial charge on any atom is 0.410 e. The summed E-state index contributed by atoms with van der Waals surface area (Å²) in [7, 11) is 0. The van der Waals surface area contributed by atoms with Gasteiger partial charge in [-0.3, -0.25) is 4.79 Å². The van der Waals surface area contributed by atoms with Gasteiger partial charge in [0.2, 0.25) is 0 Å².